The molecule has 0 aliphatic rings. The van der Waals surface area contributed by atoms with Crippen LogP contribution in [0.25, 0.3) is 0 Å². The molecule has 0 saturated carbocycles. The molecule has 21 heavy (non-hydrogen) atoms. The molecule has 0 bridgehead atoms. The number of ether oxygens (including phenoxy) is 2. The molecule has 0 spiro atoms. The van der Waals surface area contributed by atoms with E-state index in [1.165, 1.54) is 5.56 Å². The van der Waals surface area contributed by atoms with Crippen LogP contribution in [-0.2, 0) is 11.2 Å². The molecule has 0 fully saturated rings. The summed E-state index contributed by atoms with van der Waals surface area (Å²) in [5, 5.41) is 3.61. The predicted molar refractivity (Wildman–Crippen MR) is 89.1 cm³/mol. The van der Waals surface area contributed by atoms with Crippen LogP contribution in [0.2, 0.25) is 0 Å². The first kappa shape index (κ1) is 18.0. The van der Waals surface area contributed by atoms with E-state index in [0.717, 1.165) is 38.3 Å². The van der Waals surface area contributed by atoms with Crippen LogP contribution >= 0.6 is 0 Å². The Morgan fingerprint density at radius 3 is 2.52 bits per heavy atom. The molecule has 3 heteroatoms. The third kappa shape index (κ3) is 7.49. The lowest BCUT2D eigenvalue weighted by atomic mass is 9.94. The van der Waals surface area contributed by atoms with Gasteiger partial charge >= 0.3 is 0 Å². The van der Waals surface area contributed by atoms with Gasteiger partial charge in [-0.15, -0.1) is 0 Å². The highest BCUT2D eigenvalue weighted by molar-refractivity contribution is 5.33. The van der Waals surface area contributed by atoms with Gasteiger partial charge in [0.1, 0.15) is 5.75 Å². The first-order valence-corrected chi connectivity index (χ1v) is 7.91. The molecule has 1 aromatic rings. The fourth-order valence-electron chi connectivity index (χ4n) is 2.30. The zero-order chi connectivity index (χ0) is 15.7. The molecule has 0 radical (unpaired) electrons. The van der Waals surface area contributed by atoms with Gasteiger partial charge in [-0.1, -0.05) is 18.2 Å². The van der Waals surface area contributed by atoms with E-state index in [9.17, 15) is 0 Å². The highest BCUT2D eigenvalue weighted by Gasteiger charge is 2.16. The quantitative estimate of drug-likeness (QED) is 0.705. The number of para-hydroxylation sites is 1. The first-order chi connectivity index (χ1) is 9.96. The van der Waals surface area contributed by atoms with Crippen molar-refractivity contribution < 1.29 is 9.47 Å². The molecule has 1 rings (SSSR count). The van der Waals surface area contributed by atoms with Crippen molar-refractivity contribution >= 4 is 0 Å². The molecule has 0 saturated heterocycles. The summed E-state index contributed by atoms with van der Waals surface area (Å²) in [5.41, 5.74) is 1.42. The van der Waals surface area contributed by atoms with Crippen LogP contribution in [0, 0.1) is 5.92 Å². The number of rotatable bonds is 9. The zero-order valence-corrected chi connectivity index (χ0v) is 14.2. The smallest absolute Gasteiger partial charge is 0.122 e. The summed E-state index contributed by atoms with van der Waals surface area (Å²) < 4.78 is 11.0. The number of methoxy groups -OCH3 is 1. The summed E-state index contributed by atoms with van der Waals surface area (Å²) in [4.78, 5) is 0. The minimum absolute atomic E-state index is 0.143. The van der Waals surface area contributed by atoms with Gasteiger partial charge in [0.15, 0.2) is 0 Å². The average molecular weight is 293 g/mol. The SMILES string of the molecule is CCOCCC(CNC(C)(C)C)Cc1ccccc1OC. The van der Waals surface area contributed by atoms with E-state index in [4.69, 9.17) is 9.47 Å². The maximum atomic E-state index is 5.53. The van der Waals surface area contributed by atoms with Crippen molar-refractivity contribution in [2.45, 2.75) is 46.1 Å². The minimum atomic E-state index is 0.143. The third-order valence-corrected chi connectivity index (χ3v) is 3.50. The lowest BCUT2D eigenvalue weighted by molar-refractivity contribution is 0.130. The second-order valence-corrected chi connectivity index (χ2v) is 6.50. The zero-order valence-electron chi connectivity index (χ0n) is 14.2. The average Bonchev–Trinajstić information content (AvgIpc) is 2.44. The lowest BCUT2D eigenvalue weighted by Gasteiger charge is -2.26. The summed E-state index contributed by atoms with van der Waals surface area (Å²) in [7, 11) is 1.74. The molecule has 1 N–H and O–H groups in total. The van der Waals surface area contributed by atoms with Crippen molar-refractivity contribution in [1.29, 1.82) is 0 Å². The Bertz CT molecular complexity index is 398. The monoisotopic (exact) mass is 293 g/mol. The Labute approximate surface area is 130 Å². The molecule has 1 aromatic carbocycles. The fraction of sp³-hybridized carbons (Fsp3) is 0.667. The summed E-state index contributed by atoms with van der Waals surface area (Å²) >= 11 is 0. The van der Waals surface area contributed by atoms with Gasteiger partial charge in [0, 0.05) is 18.8 Å². The van der Waals surface area contributed by atoms with Crippen molar-refractivity contribution in [1.82, 2.24) is 5.32 Å². The van der Waals surface area contributed by atoms with Gasteiger partial charge in [-0.05, 0) is 64.6 Å². The number of hydrogen-bond acceptors (Lipinski definition) is 3. The van der Waals surface area contributed by atoms with Crippen molar-refractivity contribution in [2.24, 2.45) is 5.92 Å². The van der Waals surface area contributed by atoms with Crippen molar-refractivity contribution in [2.75, 3.05) is 26.9 Å². The predicted octanol–water partition coefficient (Wildman–Crippen LogP) is 3.67. The second-order valence-electron chi connectivity index (χ2n) is 6.50. The summed E-state index contributed by atoms with van der Waals surface area (Å²) in [6, 6.07) is 8.29. The van der Waals surface area contributed by atoms with Crippen LogP contribution in [0.15, 0.2) is 24.3 Å². The van der Waals surface area contributed by atoms with Crippen molar-refractivity contribution in [3.63, 3.8) is 0 Å². The van der Waals surface area contributed by atoms with E-state index in [0.29, 0.717) is 5.92 Å². The molecular weight excluding hydrogens is 262 g/mol. The molecule has 0 aromatic heterocycles. The highest BCUT2D eigenvalue weighted by atomic mass is 16.5. The van der Waals surface area contributed by atoms with Crippen LogP contribution in [-0.4, -0.2) is 32.4 Å². The Hall–Kier alpha value is -1.06. The molecule has 1 unspecified atom stereocenters. The van der Waals surface area contributed by atoms with Gasteiger partial charge in [0.2, 0.25) is 0 Å². The highest BCUT2D eigenvalue weighted by Crippen LogP contribution is 2.22. The number of hydrogen-bond donors (Lipinski definition) is 1. The first-order valence-electron chi connectivity index (χ1n) is 7.91. The normalized spacial score (nSPS) is 13.2. The van der Waals surface area contributed by atoms with E-state index in [2.05, 4.69) is 38.2 Å². The van der Waals surface area contributed by atoms with Gasteiger partial charge in [0.05, 0.1) is 7.11 Å². The largest absolute Gasteiger partial charge is 0.496 e. The molecular formula is C18H31NO2. The molecule has 0 aliphatic heterocycles. The van der Waals surface area contributed by atoms with E-state index >= 15 is 0 Å². The molecule has 1 atom stereocenters. The van der Waals surface area contributed by atoms with Gasteiger partial charge in [0.25, 0.3) is 0 Å². The Balaban J connectivity index is 2.66. The van der Waals surface area contributed by atoms with Crippen LogP contribution in [0.3, 0.4) is 0 Å². The van der Waals surface area contributed by atoms with Gasteiger partial charge in [-0.25, -0.2) is 0 Å². The summed E-state index contributed by atoms with van der Waals surface area (Å²) in [6.45, 7) is 11.3. The van der Waals surface area contributed by atoms with E-state index in [1.54, 1.807) is 7.11 Å². The summed E-state index contributed by atoms with van der Waals surface area (Å²) in [5.74, 6) is 1.53. The van der Waals surface area contributed by atoms with E-state index in [-0.39, 0.29) is 5.54 Å². The fourth-order valence-corrected chi connectivity index (χ4v) is 2.30. The number of benzene rings is 1. The van der Waals surface area contributed by atoms with E-state index in [1.807, 2.05) is 19.1 Å². The lowest BCUT2D eigenvalue weighted by Crippen LogP contribution is -2.39. The molecule has 3 nitrogen and oxygen atoms in total. The van der Waals surface area contributed by atoms with Crippen LogP contribution in [0.5, 0.6) is 5.75 Å². The second kappa shape index (κ2) is 9.06. The molecule has 0 heterocycles. The van der Waals surface area contributed by atoms with Crippen molar-refractivity contribution in [3.05, 3.63) is 29.8 Å². The van der Waals surface area contributed by atoms with Gasteiger partial charge < -0.3 is 14.8 Å². The minimum Gasteiger partial charge on any atom is -0.496 e. The Morgan fingerprint density at radius 1 is 1.19 bits per heavy atom. The van der Waals surface area contributed by atoms with E-state index < -0.39 is 0 Å². The molecule has 120 valence electrons. The van der Waals surface area contributed by atoms with Crippen LogP contribution < -0.4 is 10.1 Å². The topological polar surface area (TPSA) is 30.5 Å². The molecule has 0 aliphatic carbocycles. The maximum Gasteiger partial charge on any atom is 0.122 e. The van der Waals surface area contributed by atoms with Crippen LogP contribution in [0.1, 0.15) is 39.7 Å². The Kier molecular flexibility index (Phi) is 7.76. The van der Waals surface area contributed by atoms with Crippen LogP contribution in [0.4, 0.5) is 0 Å². The van der Waals surface area contributed by atoms with Crippen molar-refractivity contribution in [3.8, 4) is 5.75 Å². The maximum absolute atomic E-state index is 5.53. The van der Waals surface area contributed by atoms with Gasteiger partial charge in [-0.3, -0.25) is 0 Å². The Morgan fingerprint density at radius 2 is 1.90 bits per heavy atom. The molecule has 0 amide bonds. The number of nitrogens with one attached hydrogen (secondary N) is 1. The third-order valence-electron chi connectivity index (χ3n) is 3.50. The van der Waals surface area contributed by atoms with Gasteiger partial charge in [-0.2, -0.15) is 0 Å². The summed E-state index contributed by atoms with van der Waals surface area (Å²) in [6.07, 6.45) is 2.08. The standard InChI is InChI=1S/C18H31NO2/c1-6-21-12-11-15(14-19-18(2,3)4)13-16-9-7-8-10-17(16)20-5/h7-10,15,19H,6,11-14H2,1-5H3.